The van der Waals surface area contributed by atoms with E-state index in [1.165, 1.54) is 19.1 Å². The Morgan fingerprint density at radius 1 is 1.25 bits per heavy atom. The van der Waals surface area contributed by atoms with E-state index < -0.39 is 16.1 Å². The molecule has 0 saturated heterocycles. The fourth-order valence-corrected chi connectivity index (χ4v) is 2.76. The first-order valence-electron chi connectivity index (χ1n) is 6.48. The van der Waals surface area contributed by atoms with Crippen molar-refractivity contribution in [3.63, 3.8) is 0 Å². The molecule has 1 aromatic carbocycles. The minimum Gasteiger partial charge on any atom is -0.388 e. The molecule has 1 rings (SSSR count). The SMILES string of the molecule is CCCNC(=O)C(C)NS(=O)(=O)c1ccc(NC)cc1. The number of benzene rings is 1. The van der Waals surface area contributed by atoms with Crippen LogP contribution in [0.1, 0.15) is 20.3 Å². The van der Waals surface area contributed by atoms with Gasteiger partial charge in [0, 0.05) is 19.3 Å². The number of nitrogens with one attached hydrogen (secondary N) is 3. The molecule has 0 radical (unpaired) electrons. The lowest BCUT2D eigenvalue weighted by Crippen LogP contribution is -2.44. The highest BCUT2D eigenvalue weighted by molar-refractivity contribution is 7.89. The third kappa shape index (κ3) is 4.50. The maximum atomic E-state index is 12.1. The minimum atomic E-state index is -3.69. The predicted molar refractivity (Wildman–Crippen MR) is 79.1 cm³/mol. The van der Waals surface area contributed by atoms with Crippen molar-refractivity contribution >= 4 is 21.6 Å². The van der Waals surface area contributed by atoms with E-state index in [1.807, 2.05) is 6.92 Å². The second-order valence-corrected chi connectivity index (χ2v) is 6.12. The zero-order valence-electron chi connectivity index (χ0n) is 11.9. The van der Waals surface area contributed by atoms with E-state index in [0.717, 1.165) is 12.1 Å². The van der Waals surface area contributed by atoms with E-state index in [4.69, 9.17) is 0 Å². The summed E-state index contributed by atoms with van der Waals surface area (Å²) in [6, 6.07) is 5.50. The van der Waals surface area contributed by atoms with E-state index in [2.05, 4.69) is 15.4 Å². The van der Waals surface area contributed by atoms with Gasteiger partial charge in [-0.3, -0.25) is 4.79 Å². The molecular formula is C13H21N3O3S. The minimum absolute atomic E-state index is 0.131. The molecule has 20 heavy (non-hydrogen) atoms. The molecule has 0 aromatic heterocycles. The zero-order valence-corrected chi connectivity index (χ0v) is 12.8. The monoisotopic (exact) mass is 299 g/mol. The van der Waals surface area contributed by atoms with Crippen LogP contribution in [0.15, 0.2) is 29.2 Å². The second kappa shape index (κ2) is 7.25. The number of anilines is 1. The lowest BCUT2D eigenvalue weighted by atomic mass is 10.3. The van der Waals surface area contributed by atoms with Crippen molar-refractivity contribution in [2.24, 2.45) is 0 Å². The summed E-state index contributed by atoms with van der Waals surface area (Å²) in [6.45, 7) is 3.98. The van der Waals surface area contributed by atoms with Gasteiger partial charge in [0.25, 0.3) is 0 Å². The molecule has 3 N–H and O–H groups in total. The Morgan fingerprint density at radius 2 is 1.85 bits per heavy atom. The molecule has 0 aliphatic carbocycles. The first kappa shape index (κ1) is 16.5. The van der Waals surface area contributed by atoms with Gasteiger partial charge < -0.3 is 10.6 Å². The molecule has 0 bridgehead atoms. The Balaban J connectivity index is 2.75. The molecule has 0 aliphatic rings. The average molecular weight is 299 g/mol. The first-order valence-corrected chi connectivity index (χ1v) is 7.97. The highest BCUT2D eigenvalue weighted by Crippen LogP contribution is 2.13. The van der Waals surface area contributed by atoms with Gasteiger partial charge in [0.2, 0.25) is 15.9 Å². The van der Waals surface area contributed by atoms with Crippen LogP contribution in [0.5, 0.6) is 0 Å². The molecule has 1 unspecified atom stereocenters. The quantitative estimate of drug-likeness (QED) is 0.699. The normalized spacial score (nSPS) is 12.8. The van der Waals surface area contributed by atoms with Crippen LogP contribution >= 0.6 is 0 Å². The second-order valence-electron chi connectivity index (χ2n) is 4.41. The molecular weight excluding hydrogens is 278 g/mol. The molecule has 112 valence electrons. The molecule has 0 fully saturated rings. The molecule has 0 aliphatic heterocycles. The highest BCUT2D eigenvalue weighted by atomic mass is 32.2. The van der Waals surface area contributed by atoms with Gasteiger partial charge in [-0.05, 0) is 37.6 Å². The van der Waals surface area contributed by atoms with Gasteiger partial charge in [-0.15, -0.1) is 0 Å². The van der Waals surface area contributed by atoms with Crippen molar-refractivity contribution < 1.29 is 13.2 Å². The van der Waals surface area contributed by atoms with Crippen LogP contribution in [0, 0.1) is 0 Å². The number of carbonyl (C=O) groups is 1. The van der Waals surface area contributed by atoms with Gasteiger partial charge in [0.05, 0.1) is 10.9 Å². The van der Waals surface area contributed by atoms with Crippen LogP contribution in [-0.4, -0.2) is 34.0 Å². The maximum absolute atomic E-state index is 12.1. The summed E-state index contributed by atoms with van der Waals surface area (Å²) in [5.41, 5.74) is 0.817. The third-order valence-corrected chi connectivity index (χ3v) is 4.28. The predicted octanol–water partition coefficient (Wildman–Crippen LogP) is 0.921. The Morgan fingerprint density at radius 3 is 2.35 bits per heavy atom. The van der Waals surface area contributed by atoms with Crippen LogP contribution in [0.3, 0.4) is 0 Å². The van der Waals surface area contributed by atoms with Crippen molar-refractivity contribution in [1.82, 2.24) is 10.0 Å². The number of carbonyl (C=O) groups excluding carboxylic acids is 1. The summed E-state index contributed by atoms with van der Waals surface area (Å²) in [5, 5.41) is 5.56. The topological polar surface area (TPSA) is 87.3 Å². The lowest BCUT2D eigenvalue weighted by molar-refractivity contribution is -0.122. The Labute approximate surface area is 120 Å². The van der Waals surface area contributed by atoms with E-state index in [0.29, 0.717) is 6.54 Å². The number of sulfonamides is 1. The number of rotatable bonds is 7. The van der Waals surface area contributed by atoms with Gasteiger partial charge in [-0.25, -0.2) is 8.42 Å². The maximum Gasteiger partial charge on any atom is 0.241 e. The van der Waals surface area contributed by atoms with Crippen LogP contribution in [0.25, 0.3) is 0 Å². The van der Waals surface area contributed by atoms with Crippen molar-refractivity contribution in [3.8, 4) is 0 Å². The molecule has 0 heterocycles. The summed E-state index contributed by atoms with van der Waals surface area (Å²) < 4.78 is 26.6. The summed E-state index contributed by atoms with van der Waals surface area (Å²) in [7, 11) is -1.94. The van der Waals surface area contributed by atoms with E-state index >= 15 is 0 Å². The molecule has 0 saturated carbocycles. The number of hydrogen-bond donors (Lipinski definition) is 3. The third-order valence-electron chi connectivity index (χ3n) is 2.73. The van der Waals surface area contributed by atoms with Gasteiger partial charge in [-0.2, -0.15) is 4.72 Å². The van der Waals surface area contributed by atoms with Crippen molar-refractivity contribution in [3.05, 3.63) is 24.3 Å². The van der Waals surface area contributed by atoms with E-state index in [-0.39, 0.29) is 10.8 Å². The average Bonchev–Trinajstić information content (AvgIpc) is 2.44. The molecule has 6 nitrogen and oxygen atoms in total. The molecule has 7 heteroatoms. The highest BCUT2D eigenvalue weighted by Gasteiger charge is 2.21. The summed E-state index contributed by atoms with van der Waals surface area (Å²) in [6.07, 6.45) is 0.802. The molecule has 1 aromatic rings. The number of hydrogen-bond acceptors (Lipinski definition) is 4. The van der Waals surface area contributed by atoms with Gasteiger partial charge in [0.1, 0.15) is 0 Å². The zero-order chi connectivity index (χ0) is 15.2. The van der Waals surface area contributed by atoms with E-state index in [1.54, 1.807) is 19.2 Å². The largest absolute Gasteiger partial charge is 0.388 e. The van der Waals surface area contributed by atoms with Crippen LogP contribution in [-0.2, 0) is 14.8 Å². The van der Waals surface area contributed by atoms with Crippen LogP contribution < -0.4 is 15.4 Å². The standard InChI is InChI=1S/C13H21N3O3S/c1-4-9-15-13(17)10(2)16-20(18,19)12-7-5-11(14-3)6-8-12/h5-8,10,14,16H,4,9H2,1-3H3,(H,15,17). The lowest BCUT2D eigenvalue weighted by Gasteiger charge is -2.14. The number of amides is 1. The van der Waals surface area contributed by atoms with E-state index in [9.17, 15) is 13.2 Å². The summed E-state index contributed by atoms with van der Waals surface area (Å²) in [4.78, 5) is 11.8. The van der Waals surface area contributed by atoms with Crippen molar-refractivity contribution in [2.75, 3.05) is 18.9 Å². The first-order chi connectivity index (χ1) is 9.40. The van der Waals surface area contributed by atoms with Gasteiger partial charge in [0.15, 0.2) is 0 Å². The van der Waals surface area contributed by atoms with Gasteiger partial charge >= 0.3 is 0 Å². The fourth-order valence-electron chi connectivity index (χ4n) is 1.56. The summed E-state index contributed by atoms with van der Waals surface area (Å²) in [5.74, 6) is -0.331. The van der Waals surface area contributed by atoms with Crippen molar-refractivity contribution in [2.45, 2.75) is 31.2 Å². The molecule has 1 amide bonds. The van der Waals surface area contributed by atoms with Gasteiger partial charge in [-0.1, -0.05) is 6.92 Å². The van der Waals surface area contributed by atoms with Crippen LogP contribution in [0.4, 0.5) is 5.69 Å². The Bertz CT molecular complexity index is 540. The van der Waals surface area contributed by atoms with Crippen molar-refractivity contribution in [1.29, 1.82) is 0 Å². The smallest absolute Gasteiger partial charge is 0.241 e. The molecule has 0 spiro atoms. The van der Waals surface area contributed by atoms with Crippen LogP contribution in [0.2, 0.25) is 0 Å². The summed E-state index contributed by atoms with van der Waals surface area (Å²) >= 11 is 0. The molecule has 1 atom stereocenters. The Hall–Kier alpha value is -1.60. The Kier molecular flexibility index (Phi) is 5.97. The fraction of sp³-hybridized carbons (Fsp3) is 0.462.